The van der Waals surface area contributed by atoms with Gasteiger partial charge in [-0.15, -0.1) is 0 Å². The first-order valence-corrected chi connectivity index (χ1v) is 10.1. The van der Waals surface area contributed by atoms with Crippen molar-refractivity contribution in [3.8, 4) is 28.0 Å². The van der Waals surface area contributed by atoms with Crippen LogP contribution in [0.4, 0.5) is 8.78 Å². The second-order valence-electron chi connectivity index (χ2n) is 7.85. The van der Waals surface area contributed by atoms with E-state index < -0.39 is 0 Å². The van der Waals surface area contributed by atoms with E-state index in [1.807, 2.05) is 18.2 Å². The fraction of sp³-hybridized carbons (Fsp3) is 0.280. The molecule has 0 aromatic heterocycles. The van der Waals surface area contributed by atoms with Crippen molar-refractivity contribution in [2.24, 2.45) is 17.6 Å². The third kappa shape index (κ3) is 4.83. The summed E-state index contributed by atoms with van der Waals surface area (Å²) in [6, 6.07) is 18.8. The van der Waals surface area contributed by atoms with Crippen LogP contribution in [0, 0.1) is 23.5 Å². The predicted octanol–water partition coefficient (Wildman–Crippen LogP) is 6.05. The number of halogens is 2. The average Bonchev–Trinajstić information content (AvgIpc) is 3.21. The molecule has 0 aliphatic heterocycles. The molecule has 3 aromatic carbocycles. The molecule has 3 aromatic rings. The third-order valence-corrected chi connectivity index (χ3v) is 5.73. The highest BCUT2D eigenvalue weighted by Gasteiger charge is 2.24. The number of hydrogen-bond acceptors (Lipinski definition) is 2. The summed E-state index contributed by atoms with van der Waals surface area (Å²) in [5.74, 6) is 1.35. The van der Waals surface area contributed by atoms with E-state index in [1.54, 1.807) is 24.3 Å². The Bertz CT molecular complexity index is 890. The van der Waals surface area contributed by atoms with Crippen LogP contribution >= 0.6 is 0 Å². The highest BCUT2D eigenvalue weighted by atomic mass is 19.1. The summed E-state index contributed by atoms with van der Waals surface area (Å²) < 4.78 is 32.9. The maximum absolute atomic E-state index is 13.3. The monoisotopic (exact) mass is 393 g/mol. The van der Waals surface area contributed by atoms with E-state index >= 15 is 0 Å². The fourth-order valence-electron chi connectivity index (χ4n) is 4.06. The molecule has 4 rings (SSSR count). The van der Waals surface area contributed by atoms with Gasteiger partial charge in [-0.25, -0.2) is 8.78 Å². The zero-order chi connectivity index (χ0) is 20.2. The highest BCUT2D eigenvalue weighted by molar-refractivity contribution is 5.75. The van der Waals surface area contributed by atoms with Crippen molar-refractivity contribution in [2.45, 2.75) is 19.3 Å². The molecule has 0 heterocycles. The lowest BCUT2D eigenvalue weighted by Gasteiger charge is -2.15. The molecule has 2 atom stereocenters. The molecule has 150 valence electrons. The van der Waals surface area contributed by atoms with Crippen LogP contribution in [-0.2, 0) is 0 Å². The van der Waals surface area contributed by atoms with Gasteiger partial charge in [0.1, 0.15) is 17.4 Å². The Kier molecular flexibility index (Phi) is 5.91. The SMILES string of the molecule is NC[C@@H]1CC[C@H](COc2cc(-c3ccc(F)cc3)cc(-c3ccc(F)cc3)c2)C1. The molecule has 1 saturated carbocycles. The molecular weight excluding hydrogens is 368 g/mol. The van der Waals surface area contributed by atoms with E-state index in [9.17, 15) is 8.78 Å². The topological polar surface area (TPSA) is 35.2 Å². The Hall–Kier alpha value is -2.72. The standard InChI is InChI=1S/C25H25F2NO/c26-23-7-3-19(4-8-23)21-12-22(20-5-9-24(27)10-6-20)14-25(13-21)29-16-18-2-1-17(11-18)15-28/h3-10,12-14,17-18H,1-2,11,15-16,28H2/t17-,18+/m1/s1. The van der Waals surface area contributed by atoms with Crippen molar-refractivity contribution in [3.63, 3.8) is 0 Å². The first kappa shape index (κ1) is 19.6. The van der Waals surface area contributed by atoms with Gasteiger partial charge in [0.05, 0.1) is 6.61 Å². The molecule has 0 bridgehead atoms. The van der Waals surface area contributed by atoms with E-state index in [4.69, 9.17) is 10.5 Å². The number of ether oxygens (including phenoxy) is 1. The van der Waals surface area contributed by atoms with Gasteiger partial charge in [-0.2, -0.15) is 0 Å². The van der Waals surface area contributed by atoms with Gasteiger partial charge in [0.2, 0.25) is 0 Å². The minimum atomic E-state index is -0.268. The van der Waals surface area contributed by atoms with Gasteiger partial charge in [0.25, 0.3) is 0 Å². The van der Waals surface area contributed by atoms with Gasteiger partial charge in [-0.1, -0.05) is 24.3 Å². The zero-order valence-electron chi connectivity index (χ0n) is 16.3. The minimum Gasteiger partial charge on any atom is -0.493 e. The van der Waals surface area contributed by atoms with E-state index in [2.05, 4.69) is 0 Å². The molecule has 0 saturated heterocycles. The van der Waals surface area contributed by atoms with Gasteiger partial charge in [-0.3, -0.25) is 0 Å². The lowest BCUT2D eigenvalue weighted by atomic mass is 9.98. The molecule has 0 amide bonds. The quantitative estimate of drug-likeness (QED) is 0.553. The van der Waals surface area contributed by atoms with Crippen molar-refractivity contribution in [2.75, 3.05) is 13.2 Å². The molecule has 1 aliphatic carbocycles. The van der Waals surface area contributed by atoms with Crippen molar-refractivity contribution in [3.05, 3.63) is 78.4 Å². The molecule has 2 N–H and O–H groups in total. The highest BCUT2D eigenvalue weighted by Crippen LogP contribution is 2.34. The second-order valence-corrected chi connectivity index (χ2v) is 7.85. The number of rotatable bonds is 6. The largest absolute Gasteiger partial charge is 0.493 e. The summed E-state index contributed by atoms with van der Waals surface area (Å²) in [6.07, 6.45) is 3.42. The van der Waals surface area contributed by atoms with Crippen LogP contribution in [0.1, 0.15) is 19.3 Å². The molecule has 4 heteroatoms. The Morgan fingerprint density at radius 1 is 0.724 bits per heavy atom. The fourth-order valence-corrected chi connectivity index (χ4v) is 4.06. The number of hydrogen-bond donors (Lipinski definition) is 1. The van der Waals surface area contributed by atoms with Crippen LogP contribution < -0.4 is 10.5 Å². The Morgan fingerprint density at radius 2 is 1.24 bits per heavy atom. The van der Waals surface area contributed by atoms with Crippen LogP contribution in [-0.4, -0.2) is 13.2 Å². The Morgan fingerprint density at radius 3 is 1.72 bits per heavy atom. The van der Waals surface area contributed by atoms with E-state index in [0.29, 0.717) is 18.4 Å². The summed E-state index contributed by atoms with van der Waals surface area (Å²) in [4.78, 5) is 0. The average molecular weight is 393 g/mol. The maximum Gasteiger partial charge on any atom is 0.123 e. The van der Waals surface area contributed by atoms with Crippen molar-refractivity contribution in [1.82, 2.24) is 0 Å². The predicted molar refractivity (Wildman–Crippen MR) is 113 cm³/mol. The van der Waals surface area contributed by atoms with Crippen LogP contribution in [0.5, 0.6) is 5.75 Å². The first-order chi connectivity index (χ1) is 14.1. The van der Waals surface area contributed by atoms with Gasteiger partial charge < -0.3 is 10.5 Å². The lowest BCUT2D eigenvalue weighted by Crippen LogP contribution is -2.13. The second kappa shape index (κ2) is 8.75. The van der Waals surface area contributed by atoms with Crippen LogP contribution in [0.3, 0.4) is 0 Å². The molecular formula is C25H25F2NO. The molecule has 0 unspecified atom stereocenters. The molecule has 0 spiro atoms. The van der Waals surface area contributed by atoms with Crippen molar-refractivity contribution in [1.29, 1.82) is 0 Å². The molecule has 1 fully saturated rings. The summed E-state index contributed by atoms with van der Waals surface area (Å²) in [7, 11) is 0. The lowest BCUT2D eigenvalue weighted by molar-refractivity contribution is 0.248. The third-order valence-electron chi connectivity index (χ3n) is 5.73. The summed E-state index contributed by atoms with van der Waals surface area (Å²) in [5, 5.41) is 0. The molecule has 2 nitrogen and oxygen atoms in total. The zero-order valence-corrected chi connectivity index (χ0v) is 16.3. The van der Waals surface area contributed by atoms with Crippen LogP contribution in [0.25, 0.3) is 22.3 Å². The van der Waals surface area contributed by atoms with Crippen LogP contribution in [0.15, 0.2) is 66.7 Å². The van der Waals surface area contributed by atoms with Crippen molar-refractivity contribution >= 4 is 0 Å². The Labute approximate surface area is 170 Å². The maximum atomic E-state index is 13.3. The first-order valence-electron chi connectivity index (χ1n) is 10.1. The van der Waals surface area contributed by atoms with Crippen LogP contribution in [0.2, 0.25) is 0 Å². The summed E-state index contributed by atoms with van der Waals surface area (Å²) in [5.41, 5.74) is 9.49. The van der Waals surface area contributed by atoms with Crippen molar-refractivity contribution < 1.29 is 13.5 Å². The molecule has 0 radical (unpaired) electrons. The molecule has 29 heavy (non-hydrogen) atoms. The summed E-state index contributed by atoms with van der Waals surface area (Å²) >= 11 is 0. The van der Waals surface area contributed by atoms with E-state index in [-0.39, 0.29) is 11.6 Å². The smallest absolute Gasteiger partial charge is 0.123 e. The van der Waals surface area contributed by atoms with Gasteiger partial charge >= 0.3 is 0 Å². The number of nitrogens with two attached hydrogens (primary N) is 1. The number of benzene rings is 3. The van der Waals surface area contributed by atoms with E-state index in [1.165, 1.54) is 30.7 Å². The van der Waals surface area contributed by atoms with Gasteiger partial charge in [0.15, 0.2) is 0 Å². The molecule has 1 aliphatic rings. The van der Waals surface area contributed by atoms with Gasteiger partial charge in [0, 0.05) is 0 Å². The normalized spacial score (nSPS) is 18.7. The minimum absolute atomic E-state index is 0.268. The summed E-state index contributed by atoms with van der Waals surface area (Å²) in [6.45, 7) is 1.40. The Balaban J connectivity index is 1.62. The van der Waals surface area contributed by atoms with E-state index in [0.717, 1.165) is 47.4 Å². The van der Waals surface area contributed by atoms with Gasteiger partial charge in [-0.05, 0) is 102 Å².